The lowest BCUT2D eigenvalue weighted by Crippen LogP contribution is -2.51. The van der Waals surface area contributed by atoms with Crippen molar-refractivity contribution in [2.75, 3.05) is 44.6 Å². The number of hydrogen-bond acceptors (Lipinski definition) is 4. The number of carbonyl (C=O) groups is 1. The average molecular weight is 499 g/mol. The molecule has 0 bridgehead atoms. The lowest BCUT2D eigenvalue weighted by Gasteiger charge is -2.41. The van der Waals surface area contributed by atoms with E-state index in [0.717, 1.165) is 57.3 Å². The predicted octanol–water partition coefficient (Wildman–Crippen LogP) is 4.74. The van der Waals surface area contributed by atoms with Crippen molar-refractivity contribution in [2.45, 2.75) is 25.0 Å². The smallest absolute Gasteiger partial charge is 0.335 e. The molecule has 2 fully saturated rings. The second kappa shape index (κ2) is 12.0. The Morgan fingerprint density at radius 2 is 1.62 bits per heavy atom. The number of aliphatic imine (C=N–C) groups is 1. The minimum atomic E-state index is -0.942. The number of rotatable bonds is 7. The predicted molar refractivity (Wildman–Crippen MR) is 146 cm³/mol. The Morgan fingerprint density at radius 3 is 2.22 bits per heavy atom. The average Bonchev–Trinajstić information content (AvgIpc) is 3.47. The zero-order valence-corrected chi connectivity index (χ0v) is 21.0. The Labute approximate surface area is 218 Å². The van der Waals surface area contributed by atoms with Crippen molar-refractivity contribution in [1.29, 1.82) is 0 Å². The molecule has 0 saturated carbocycles. The maximum absolute atomic E-state index is 11.5. The van der Waals surface area contributed by atoms with Gasteiger partial charge < -0.3 is 20.1 Å². The fourth-order valence-corrected chi connectivity index (χ4v) is 5.13. The lowest BCUT2D eigenvalue weighted by molar-refractivity contribution is 0.0697. The van der Waals surface area contributed by atoms with Crippen LogP contribution in [0.3, 0.4) is 0 Å². The Kier molecular flexibility index (Phi) is 8.13. The third-order valence-electron chi connectivity index (χ3n) is 7.04. The van der Waals surface area contributed by atoms with Gasteiger partial charge in [0, 0.05) is 38.5 Å². The summed E-state index contributed by atoms with van der Waals surface area (Å²) in [6, 6.07) is 28.4. The molecule has 37 heavy (non-hydrogen) atoms. The normalized spacial score (nSPS) is 18.8. The zero-order chi connectivity index (χ0) is 25.5. The van der Waals surface area contributed by atoms with Crippen LogP contribution in [0.1, 0.15) is 40.4 Å². The van der Waals surface area contributed by atoms with Gasteiger partial charge in [0.2, 0.25) is 0 Å². The van der Waals surface area contributed by atoms with Crippen LogP contribution < -0.4 is 5.32 Å². The molecule has 7 nitrogen and oxygen atoms in total. The van der Waals surface area contributed by atoms with E-state index in [0.29, 0.717) is 6.54 Å². The molecule has 0 spiro atoms. The van der Waals surface area contributed by atoms with Gasteiger partial charge in [-0.3, -0.25) is 9.89 Å². The first-order valence-electron chi connectivity index (χ1n) is 13.0. The minimum absolute atomic E-state index is 0.143. The van der Waals surface area contributed by atoms with E-state index in [4.69, 9.17) is 9.73 Å². The second-order valence-corrected chi connectivity index (χ2v) is 9.56. The Morgan fingerprint density at radius 1 is 0.946 bits per heavy atom. The van der Waals surface area contributed by atoms with Crippen LogP contribution in [-0.4, -0.2) is 72.3 Å². The molecule has 2 N–H and O–H groups in total. The topological polar surface area (TPSA) is 77.4 Å². The second-order valence-electron chi connectivity index (χ2n) is 9.56. The molecular weight excluding hydrogens is 464 g/mol. The number of aromatic carboxylic acids is 1. The first-order valence-corrected chi connectivity index (χ1v) is 13.0. The Bertz CT molecular complexity index is 1150. The summed E-state index contributed by atoms with van der Waals surface area (Å²) in [4.78, 5) is 21.2. The van der Waals surface area contributed by atoms with Crippen LogP contribution in [0.15, 0.2) is 89.9 Å². The monoisotopic (exact) mass is 498 g/mol. The molecule has 2 saturated heterocycles. The molecule has 0 amide bonds. The molecule has 7 heteroatoms. The van der Waals surface area contributed by atoms with Crippen LogP contribution in [0.4, 0.5) is 5.69 Å². The summed E-state index contributed by atoms with van der Waals surface area (Å²) in [6.45, 7) is 4.77. The van der Waals surface area contributed by atoms with Crippen LogP contribution in [-0.2, 0) is 4.74 Å². The van der Waals surface area contributed by atoms with Gasteiger partial charge in [0.05, 0.1) is 24.3 Å². The third-order valence-corrected chi connectivity index (χ3v) is 7.04. The van der Waals surface area contributed by atoms with E-state index in [1.165, 1.54) is 11.1 Å². The molecule has 1 atom stereocenters. The van der Waals surface area contributed by atoms with Crippen molar-refractivity contribution in [3.8, 4) is 0 Å². The standard InChI is InChI=1S/C30H34N4O3/c35-29(36)25-13-7-14-26(21-25)32-30(31-22-27-15-8-20-37-27)34-18-16-33(17-19-34)28(23-9-3-1-4-10-23)24-11-5-2-6-12-24/h1-7,9-14,21,27-28H,8,15-20,22H2,(H,31,32)(H,35,36). The van der Waals surface area contributed by atoms with Gasteiger partial charge in [0.1, 0.15) is 0 Å². The molecule has 2 heterocycles. The maximum Gasteiger partial charge on any atom is 0.335 e. The van der Waals surface area contributed by atoms with Gasteiger partial charge in [-0.1, -0.05) is 66.7 Å². The van der Waals surface area contributed by atoms with Crippen molar-refractivity contribution in [1.82, 2.24) is 9.80 Å². The maximum atomic E-state index is 11.5. The van der Waals surface area contributed by atoms with Crippen LogP contribution in [0, 0.1) is 0 Å². The van der Waals surface area contributed by atoms with E-state index in [2.05, 4.69) is 75.8 Å². The molecule has 3 aromatic rings. The van der Waals surface area contributed by atoms with E-state index >= 15 is 0 Å². The summed E-state index contributed by atoms with van der Waals surface area (Å²) >= 11 is 0. The summed E-state index contributed by atoms with van der Waals surface area (Å²) in [5, 5.41) is 12.8. The van der Waals surface area contributed by atoms with Crippen molar-refractivity contribution in [3.63, 3.8) is 0 Å². The van der Waals surface area contributed by atoms with E-state index < -0.39 is 5.97 Å². The molecule has 0 aliphatic carbocycles. The van der Waals surface area contributed by atoms with Gasteiger partial charge in [0.25, 0.3) is 0 Å². The van der Waals surface area contributed by atoms with Crippen molar-refractivity contribution < 1.29 is 14.6 Å². The Hall–Kier alpha value is -3.68. The van der Waals surface area contributed by atoms with Gasteiger partial charge >= 0.3 is 5.97 Å². The number of carboxylic acids is 1. The van der Waals surface area contributed by atoms with Gasteiger partial charge in [-0.15, -0.1) is 0 Å². The van der Waals surface area contributed by atoms with Crippen molar-refractivity contribution >= 4 is 17.6 Å². The first kappa shape index (κ1) is 25.0. The number of ether oxygens (including phenoxy) is 1. The number of benzene rings is 3. The van der Waals surface area contributed by atoms with Crippen LogP contribution >= 0.6 is 0 Å². The quantitative estimate of drug-likeness (QED) is 0.362. The summed E-state index contributed by atoms with van der Waals surface area (Å²) < 4.78 is 5.80. The number of piperazine rings is 1. The van der Waals surface area contributed by atoms with E-state index in [1.807, 2.05) is 6.07 Å². The number of carboxylic acid groups (broad SMARTS) is 1. The SMILES string of the molecule is O=C(O)c1cccc(NC(=NCC2CCCO2)N2CCN(C(c3ccccc3)c3ccccc3)CC2)c1. The zero-order valence-electron chi connectivity index (χ0n) is 21.0. The van der Waals surface area contributed by atoms with Gasteiger partial charge in [-0.05, 0) is 42.2 Å². The molecule has 5 rings (SSSR count). The fourth-order valence-electron chi connectivity index (χ4n) is 5.13. The molecule has 1 unspecified atom stereocenters. The number of guanidine groups is 1. The minimum Gasteiger partial charge on any atom is -0.478 e. The molecule has 3 aromatic carbocycles. The summed E-state index contributed by atoms with van der Waals surface area (Å²) in [5.41, 5.74) is 3.55. The molecule has 0 radical (unpaired) electrons. The number of nitrogens with zero attached hydrogens (tertiary/aromatic N) is 3. The highest BCUT2D eigenvalue weighted by molar-refractivity contribution is 5.95. The van der Waals surface area contributed by atoms with Gasteiger partial charge in [0.15, 0.2) is 5.96 Å². The number of nitrogens with one attached hydrogen (secondary N) is 1. The van der Waals surface area contributed by atoms with E-state index in [9.17, 15) is 9.90 Å². The van der Waals surface area contributed by atoms with Gasteiger partial charge in [-0.2, -0.15) is 0 Å². The number of hydrogen-bond donors (Lipinski definition) is 2. The highest BCUT2D eigenvalue weighted by Crippen LogP contribution is 2.29. The summed E-state index contributed by atoms with van der Waals surface area (Å²) in [7, 11) is 0. The first-order chi connectivity index (χ1) is 18.2. The largest absolute Gasteiger partial charge is 0.478 e. The van der Waals surface area contributed by atoms with E-state index in [1.54, 1.807) is 18.2 Å². The highest BCUT2D eigenvalue weighted by atomic mass is 16.5. The van der Waals surface area contributed by atoms with Crippen LogP contribution in [0.25, 0.3) is 0 Å². The highest BCUT2D eigenvalue weighted by Gasteiger charge is 2.28. The van der Waals surface area contributed by atoms with Gasteiger partial charge in [-0.25, -0.2) is 4.79 Å². The van der Waals surface area contributed by atoms with Crippen LogP contribution in [0.5, 0.6) is 0 Å². The Balaban J connectivity index is 1.33. The molecular formula is C30H34N4O3. The fraction of sp³-hybridized carbons (Fsp3) is 0.333. The van der Waals surface area contributed by atoms with Crippen molar-refractivity contribution in [2.24, 2.45) is 4.99 Å². The summed E-state index contributed by atoms with van der Waals surface area (Å²) in [6.07, 6.45) is 2.24. The van der Waals surface area contributed by atoms with Crippen LogP contribution in [0.2, 0.25) is 0 Å². The molecule has 2 aliphatic rings. The molecule has 2 aliphatic heterocycles. The van der Waals surface area contributed by atoms with Crippen molar-refractivity contribution in [3.05, 3.63) is 102 Å². The lowest BCUT2D eigenvalue weighted by atomic mass is 9.96. The third kappa shape index (κ3) is 6.37. The molecule has 0 aromatic heterocycles. The number of anilines is 1. The molecule has 192 valence electrons. The van der Waals surface area contributed by atoms with E-state index in [-0.39, 0.29) is 17.7 Å². The summed E-state index contributed by atoms with van der Waals surface area (Å²) in [5.74, 6) is -0.170.